The molecule has 13 heteroatoms. The van der Waals surface area contributed by atoms with E-state index in [1.54, 1.807) is 0 Å². The molecule has 1 aliphatic heterocycles. The van der Waals surface area contributed by atoms with Crippen LogP contribution < -0.4 is 0 Å². The molecule has 0 spiro atoms. The van der Waals surface area contributed by atoms with Crippen molar-refractivity contribution in [2.24, 2.45) is 16.0 Å². The molecule has 32 heavy (non-hydrogen) atoms. The normalized spacial score (nSPS) is 18.9. The lowest BCUT2D eigenvalue weighted by atomic mass is 10.1. The number of likely N-dealkylation sites (N-methyl/N-ethyl adjacent to an activating group) is 1. The number of hydrogen-bond donors (Lipinski definition) is 0. The van der Waals surface area contributed by atoms with Crippen molar-refractivity contribution in [3.05, 3.63) is 47.2 Å². The number of alkyl halides is 6. The summed E-state index contributed by atoms with van der Waals surface area (Å²) in [4.78, 5) is 4.28. The van der Waals surface area contributed by atoms with E-state index in [0.29, 0.717) is 18.4 Å². The second-order valence-electron chi connectivity index (χ2n) is 6.65. The molecule has 1 aliphatic rings. The third kappa shape index (κ3) is 6.24. The first-order valence-electron chi connectivity index (χ1n) is 9.16. The van der Waals surface area contributed by atoms with Gasteiger partial charge in [-0.05, 0) is 13.0 Å². The summed E-state index contributed by atoms with van der Waals surface area (Å²) in [5, 5.41) is 4.59. The van der Waals surface area contributed by atoms with E-state index in [1.165, 1.54) is 21.0 Å². The van der Waals surface area contributed by atoms with Crippen molar-refractivity contribution in [3.8, 4) is 0 Å². The first-order valence-corrected chi connectivity index (χ1v) is 10.8. The molecule has 1 rings (SSSR count). The van der Waals surface area contributed by atoms with E-state index in [1.807, 2.05) is 0 Å². The van der Waals surface area contributed by atoms with Gasteiger partial charge in [-0.25, -0.2) is 13.4 Å². The standard InChI is InChI=1S/C19H24F6N4O2S/c1-7-14(18(20,21)22)9-16(32(30,31)8-2)12(3)17(26-5)28(6)13(4)29-11-15(10-27-29)19(23,24)25/h7,9-10,15H,3-4,8,11H2,1-2,5-6H3/b14-7+,16-9+,26-17-. The molecule has 1 atom stereocenters. The van der Waals surface area contributed by atoms with Gasteiger partial charge in [-0.15, -0.1) is 0 Å². The van der Waals surface area contributed by atoms with Crippen molar-refractivity contribution in [2.75, 3.05) is 26.4 Å². The molecule has 1 unspecified atom stereocenters. The van der Waals surface area contributed by atoms with Crippen molar-refractivity contribution in [1.82, 2.24) is 9.91 Å². The lowest BCUT2D eigenvalue weighted by molar-refractivity contribution is -0.154. The van der Waals surface area contributed by atoms with Gasteiger partial charge in [-0.3, -0.25) is 4.99 Å². The summed E-state index contributed by atoms with van der Waals surface area (Å²) in [7, 11) is -1.66. The van der Waals surface area contributed by atoms with Crippen LogP contribution in [-0.4, -0.2) is 69.1 Å². The highest BCUT2D eigenvalue weighted by molar-refractivity contribution is 7.95. The van der Waals surface area contributed by atoms with E-state index in [0.717, 1.165) is 16.8 Å². The molecular formula is C19H24F6N4O2S. The van der Waals surface area contributed by atoms with Gasteiger partial charge in [0, 0.05) is 25.9 Å². The molecule has 0 amide bonds. The number of sulfone groups is 1. The van der Waals surface area contributed by atoms with Crippen molar-refractivity contribution in [1.29, 1.82) is 0 Å². The van der Waals surface area contributed by atoms with Gasteiger partial charge in [-0.2, -0.15) is 31.4 Å². The van der Waals surface area contributed by atoms with Gasteiger partial charge in [0.25, 0.3) is 0 Å². The Hall–Kier alpha value is -2.57. The van der Waals surface area contributed by atoms with Crippen LogP contribution in [0.15, 0.2) is 57.3 Å². The smallest absolute Gasteiger partial charge is 0.315 e. The third-order valence-electron chi connectivity index (χ3n) is 4.60. The molecule has 1 heterocycles. The quantitative estimate of drug-likeness (QED) is 0.233. The average molecular weight is 486 g/mol. The summed E-state index contributed by atoms with van der Waals surface area (Å²) in [6.45, 7) is 9.04. The molecule has 0 fully saturated rings. The number of hydrogen-bond acceptors (Lipinski definition) is 5. The van der Waals surface area contributed by atoms with E-state index in [9.17, 15) is 34.8 Å². The largest absolute Gasteiger partial charge is 0.416 e. The van der Waals surface area contributed by atoms with Crippen LogP contribution in [0.2, 0.25) is 0 Å². The lowest BCUT2D eigenvalue weighted by Crippen LogP contribution is -2.37. The van der Waals surface area contributed by atoms with Crippen LogP contribution in [0, 0.1) is 5.92 Å². The van der Waals surface area contributed by atoms with Crippen LogP contribution in [-0.2, 0) is 9.84 Å². The molecule has 0 saturated carbocycles. The summed E-state index contributed by atoms with van der Waals surface area (Å²) in [6.07, 6.45) is -7.48. The highest BCUT2D eigenvalue weighted by Crippen LogP contribution is 2.33. The van der Waals surface area contributed by atoms with E-state index < -0.39 is 50.9 Å². The highest BCUT2D eigenvalue weighted by atomic mass is 32.2. The van der Waals surface area contributed by atoms with Gasteiger partial charge in [0.15, 0.2) is 9.84 Å². The monoisotopic (exact) mass is 486 g/mol. The molecule has 0 aromatic carbocycles. The Kier molecular flexibility index (Phi) is 8.52. The average Bonchev–Trinajstić information content (AvgIpc) is 3.17. The van der Waals surface area contributed by atoms with E-state index in [2.05, 4.69) is 23.3 Å². The zero-order chi connectivity index (χ0) is 25.1. The fourth-order valence-electron chi connectivity index (χ4n) is 2.68. The molecule has 6 nitrogen and oxygen atoms in total. The summed E-state index contributed by atoms with van der Waals surface area (Å²) in [6, 6.07) is 0. The first-order chi connectivity index (χ1) is 14.5. The van der Waals surface area contributed by atoms with Crippen molar-refractivity contribution < 1.29 is 34.8 Å². The molecule has 0 aromatic rings. The number of aliphatic imine (C=N–C) groups is 1. The maximum absolute atomic E-state index is 13.2. The summed E-state index contributed by atoms with van der Waals surface area (Å²) < 4.78 is 104. The topological polar surface area (TPSA) is 65.3 Å². The molecule has 0 aromatic heterocycles. The molecule has 0 N–H and O–H groups in total. The molecule has 0 aliphatic carbocycles. The second kappa shape index (κ2) is 9.92. The fourth-order valence-corrected chi connectivity index (χ4v) is 3.77. The van der Waals surface area contributed by atoms with E-state index >= 15 is 0 Å². The summed E-state index contributed by atoms with van der Waals surface area (Å²) >= 11 is 0. The number of hydrazone groups is 1. The Morgan fingerprint density at radius 1 is 1.28 bits per heavy atom. The zero-order valence-electron chi connectivity index (χ0n) is 17.9. The minimum Gasteiger partial charge on any atom is -0.315 e. The lowest BCUT2D eigenvalue weighted by Gasteiger charge is -2.30. The van der Waals surface area contributed by atoms with Gasteiger partial charge in [0.1, 0.15) is 17.6 Å². The number of amidine groups is 1. The second-order valence-corrected chi connectivity index (χ2v) is 8.90. The number of rotatable bonds is 7. The molecule has 180 valence electrons. The van der Waals surface area contributed by atoms with Crippen LogP contribution >= 0.6 is 0 Å². The minimum absolute atomic E-state index is 0.106. The van der Waals surface area contributed by atoms with Gasteiger partial charge in [0.2, 0.25) is 0 Å². The predicted octanol–water partition coefficient (Wildman–Crippen LogP) is 4.28. The third-order valence-corrected chi connectivity index (χ3v) is 6.39. The van der Waals surface area contributed by atoms with Crippen molar-refractivity contribution in [3.63, 3.8) is 0 Å². The van der Waals surface area contributed by atoms with Crippen LogP contribution in [0.4, 0.5) is 26.3 Å². The highest BCUT2D eigenvalue weighted by Gasteiger charge is 2.43. The van der Waals surface area contributed by atoms with Crippen LogP contribution in [0.3, 0.4) is 0 Å². The molecule has 0 saturated heterocycles. The van der Waals surface area contributed by atoms with Gasteiger partial charge in [-0.1, -0.05) is 26.2 Å². The summed E-state index contributed by atoms with van der Waals surface area (Å²) in [5.74, 6) is -2.66. The SMILES string of the molecule is C=C(/C(=N/C)N(C)C(=C)N1CC(C(F)(F)F)C=N1)/C(=C\C(=C/C)C(F)(F)F)S(=O)(=O)CC. The van der Waals surface area contributed by atoms with Crippen molar-refractivity contribution in [2.45, 2.75) is 26.2 Å². The molecule has 0 bridgehead atoms. The Morgan fingerprint density at radius 3 is 2.22 bits per heavy atom. The zero-order valence-corrected chi connectivity index (χ0v) is 18.7. The van der Waals surface area contributed by atoms with Crippen LogP contribution in [0.25, 0.3) is 0 Å². The number of halogens is 6. The maximum atomic E-state index is 13.2. The first kappa shape index (κ1) is 27.5. The van der Waals surface area contributed by atoms with Gasteiger partial charge >= 0.3 is 12.4 Å². The Bertz CT molecular complexity index is 975. The number of allylic oxidation sites excluding steroid dienone is 3. The minimum atomic E-state index is -4.82. The van der Waals surface area contributed by atoms with Crippen molar-refractivity contribution >= 4 is 21.9 Å². The fraction of sp³-hybridized carbons (Fsp3) is 0.474. The van der Waals surface area contributed by atoms with Crippen LogP contribution in [0.1, 0.15) is 13.8 Å². The van der Waals surface area contributed by atoms with E-state index in [4.69, 9.17) is 0 Å². The van der Waals surface area contributed by atoms with E-state index in [-0.39, 0.29) is 17.2 Å². The van der Waals surface area contributed by atoms with Crippen LogP contribution in [0.5, 0.6) is 0 Å². The number of nitrogens with zero attached hydrogens (tertiary/aromatic N) is 4. The Balaban J connectivity index is 3.35. The summed E-state index contributed by atoms with van der Waals surface area (Å²) in [5.41, 5.74) is -1.59. The maximum Gasteiger partial charge on any atom is 0.416 e. The Morgan fingerprint density at radius 2 is 1.84 bits per heavy atom. The molecule has 0 radical (unpaired) electrons. The Labute approximate surface area is 182 Å². The predicted molar refractivity (Wildman–Crippen MR) is 112 cm³/mol. The molecular weight excluding hydrogens is 462 g/mol. The van der Waals surface area contributed by atoms with Gasteiger partial charge in [0.05, 0.1) is 22.8 Å². The van der Waals surface area contributed by atoms with Gasteiger partial charge < -0.3 is 4.90 Å².